The number of benzene rings is 1. The van der Waals surface area contributed by atoms with Crippen LogP contribution in [-0.2, 0) is 9.53 Å². The summed E-state index contributed by atoms with van der Waals surface area (Å²) in [7, 11) is 0. The Morgan fingerprint density at radius 1 is 0.968 bits per heavy atom. The molecule has 0 saturated carbocycles. The Labute approximate surface area is 168 Å². The number of rotatable bonds is 6. The minimum atomic E-state index is -7.21. The van der Waals surface area contributed by atoms with Crippen LogP contribution in [-0.4, -0.2) is 42.6 Å². The number of amides is 2. The van der Waals surface area contributed by atoms with Crippen LogP contribution in [0.2, 0.25) is 0 Å². The van der Waals surface area contributed by atoms with Gasteiger partial charge in [0.15, 0.2) is 0 Å². The van der Waals surface area contributed by atoms with E-state index in [1.54, 1.807) is 0 Å². The second kappa shape index (κ2) is 7.96. The molecule has 0 aliphatic carbocycles. The summed E-state index contributed by atoms with van der Waals surface area (Å²) in [4.78, 5) is 24.1. The molecule has 172 valence electrons. The van der Waals surface area contributed by atoms with E-state index in [9.17, 15) is 49.1 Å². The molecule has 1 aromatic carbocycles. The Balaban J connectivity index is 2.79. The summed E-state index contributed by atoms with van der Waals surface area (Å²) in [6, 6.07) is 2.79. The van der Waals surface area contributed by atoms with E-state index in [1.807, 2.05) is 5.32 Å². The molecule has 2 rings (SSSR count). The van der Waals surface area contributed by atoms with Gasteiger partial charge in [-0.15, -0.1) is 0 Å². The maximum absolute atomic E-state index is 14.6. The molecule has 0 unspecified atom stereocenters. The van der Waals surface area contributed by atoms with Gasteiger partial charge in [0.05, 0.1) is 18.2 Å². The van der Waals surface area contributed by atoms with Crippen molar-refractivity contribution >= 4 is 12.0 Å². The highest BCUT2D eigenvalue weighted by atomic mass is 19.4. The number of allylic oxidation sites excluding steroid dienone is 1. The molecule has 1 aromatic rings. The fraction of sp³-hybridized carbons (Fsp3) is 0.412. The van der Waals surface area contributed by atoms with Crippen molar-refractivity contribution in [3.8, 4) is 0 Å². The lowest BCUT2D eigenvalue weighted by Crippen LogP contribution is -2.64. The average Bonchev–Trinajstić information content (AvgIpc) is 2.66. The average molecular weight is 464 g/mol. The van der Waals surface area contributed by atoms with Crippen LogP contribution in [0.25, 0.3) is 0 Å². The van der Waals surface area contributed by atoms with E-state index >= 15 is 0 Å². The van der Waals surface area contributed by atoms with Crippen molar-refractivity contribution in [2.24, 2.45) is 0 Å². The maximum atomic E-state index is 14.6. The van der Waals surface area contributed by atoms with E-state index in [0.717, 1.165) is 17.4 Å². The Bertz CT molecular complexity index is 883. The first-order valence-electron chi connectivity index (χ1n) is 8.34. The van der Waals surface area contributed by atoms with Crippen LogP contribution in [0.1, 0.15) is 18.5 Å². The zero-order valence-corrected chi connectivity index (χ0v) is 15.3. The first-order valence-corrected chi connectivity index (χ1v) is 8.34. The van der Waals surface area contributed by atoms with Crippen molar-refractivity contribution in [2.45, 2.75) is 36.9 Å². The molecule has 2 amide bonds. The molecule has 0 spiro atoms. The number of carbonyl (C=O) groups excluding carboxylic acids is 2. The largest absolute Gasteiger partial charge is 0.463 e. The predicted octanol–water partition coefficient (Wildman–Crippen LogP) is 4.33. The quantitative estimate of drug-likeness (QED) is 0.487. The molecule has 0 fully saturated rings. The second-order valence-electron chi connectivity index (χ2n) is 6.17. The highest BCUT2D eigenvalue weighted by Crippen LogP contribution is 2.55. The van der Waals surface area contributed by atoms with Crippen molar-refractivity contribution in [1.82, 2.24) is 10.6 Å². The molecule has 1 aliphatic rings. The van der Waals surface area contributed by atoms with Gasteiger partial charge in [-0.05, 0) is 12.5 Å². The van der Waals surface area contributed by atoms with Gasteiger partial charge in [0.2, 0.25) is 0 Å². The Morgan fingerprint density at radius 2 is 1.52 bits per heavy atom. The van der Waals surface area contributed by atoms with Crippen molar-refractivity contribution in [1.29, 1.82) is 0 Å². The van der Waals surface area contributed by atoms with E-state index in [0.29, 0.717) is 0 Å². The number of nitrogens with one attached hydrogen (secondary N) is 2. The van der Waals surface area contributed by atoms with Gasteiger partial charge in [-0.1, -0.05) is 30.3 Å². The number of urea groups is 1. The van der Waals surface area contributed by atoms with Crippen LogP contribution in [0.15, 0.2) is 41.6 Å². The standard InChI is InChI=1S/C17H13F9N2O3/c1-2-31-12(29)9-10(8-6-4-3-5-7-8)27-13(30)28-11(9)14(18,19)15(20,21)16(22,23)17(24,25)26/h3-7,10H,2H2,1H3,(H2,27,28,30)/t10-/m1/s1. The van der Waals surface area contributed by atoms with Crippen LogP contribution >= 0.6 is 0 Å². The molecular formula is C17H13F9N2O3. The maximum Gasteiger partial charge on any atom is 0.460 e. The highest BCUT2D eigenvalue weighted by Gasteiger charge is 2.83. The molecule has 0 radical (unpaired) electrons. The summed E-state index contributed by atoms with van der Waals surface area (Å²) in [5, 5.41) is 3.02. The molecular weight excluding hydrogens is 451 g/mol. The molecule has 1 atom stereocenters. The van der Waals surface area contributed by atoms with E-state index in [2.05, 4.69) is 4.74 Å². The van der Waals surface area contributed by atoms with E-state index < -0.39 is 59.9 Å². The van der Waals surface area contributed by atoms with Crippen molar-refractivity contribution in [3.63, 3.8) is 0 Å². The van der Waals surface area contributed by atoms with Gasteiger partial charge >= 0.3 is 35.9 Å². The molecule has 5 nitrogen and oxygen atoms in total. The van der Waals surface area contributed by atoms with Crippen molar-refractivity contribution in [3.05, 3.63) is 47.2 Å². The first-order chi connectivity index (χ1) is 14.1. The first kappa shape index (κ1) is 24.3. The number of ether oxygens (including phenoxy) is 1. The topological polar surface area (TPSA) is 67.4 Å². The van der Waals surface area contributed by atoms with Gasteiger partial charge < -0.3 is 15.4 Å². The monoisotopic (exact) mass is 464 g/mol. The summed E-state index contributed by atoms with van der Waals surface area (Å²) in [5.41, 5.74) is -4.03. The minimum absolute atomic E-state index is 0.139. The van der Waals surface area contributed by atoms with Gasteiger partial charge in [-0.25, -0.2) is 9.59 Å². The smallest absolute Gasteiger partial charge is 0.460 e. The second-order valence-corrected chi connectivity index (χ2v) is 6.17. The normalized spacial score (nSPS) is 18.4. The predicted molar refractivity (Wildman–Crippen MR) is 85.4 cm³/mol. The summed E-state index contributed by atoms with van der Waals surface area (Å²) in [5.74, 6) is -22.4. The third-order valence-corrected chi connectivity index (χ3v) is 4.16. The van der Waals surface area contributed by atoms with Crippen LogP contribution in [0.5, 0.6) is 0 Å². The Kier molecular flexibility index (Phi) is 6.25. The van der Waals surface area contributed by atoms with E-state index in [-0.39, 0.29) is 5.56 Å². The summed E-state index contributed by atoms with van der Waals surface area (Å²) in [6.07, 6.45) is -7.07. The molecule has 0 saturated heterocycles. The molecule has 31 heavy (non-hydrogen) atoms. The van der Waals surface area contributed by atoms with Crippen molar-refractivity contribution in [2.75, 3.05) is 6.61 Å². The molecule has 0 bridgehead atoms. The number of carbonyl (C=O) groups is 2. The van der Waals surface area contributed by atoms with Gasteiger partial charge in [-0.2, -0.15) is 39.5 Å². The number of halogens is 9. The lowest BCUT2D eigenvalue weighted by Gasteiger charge is -2.38. The van der Waals surface area contributed by atoms with Gasteiger partial charge in [-0.3, -0.25) is 0 Å². The molecule has 1 aliphatic heterocycles. The van der Waals surface area contributed by atoms with Gasteiger partial charge in [0.1, 0.15) is 5.70 Å². The van der Waals surface area contributed by atoms with Crippen LogP contribution in [0.3, 0.4) is 0 Å². The third kappa shape index (κ3) is 4.02. The molecule has 2 N–H and O–H groups in total. The van der Waals surface area contributed by atoms with E-state index in [1.165, 1.54) is 25.1 Å². The number of esters is 1. The van der Waals surface area contributed by atoms with Crippen LogP contribution in [0.4, 0.5) is 44.3 Å². The number of alkyl halides is 9. The molecule has 14 heteroatoms. The summed E-state index contributed by atoms with van der Waals surface area (Å²) in [6.45, 7) is 0.695. The fourth-order valence-electron chi connectivity index (χ4n) is 2.67. The van der Waals surface area contributed by atoms with Crippen molar-refractivity contribution < 1.29 is 53.8 Å². The highest BCUT2D eigenvalue weighted by molar-refractivity contribution is 5.95. The van der Waals surface area contributed by atoms with E-state index in [4.69, 9.17) is 0 Å². The zero-order chi connectivity index (χ0) is 23.8. The summed E-state index contributed by atoms with van der Waals surface area (Å²) >= 11 is 0. The Hall–Kier alpha value is -2.93. The lowest BCUT2D eigenvalue weighted by molar-refractivity contribution is -0.390. The molecule has 0 aromatic heterocycles. The zero-order valence-electron chi connectivity index (χ0n) is 15.3. The van der Waals surface area contributed by atoms with Crippen LogP contribution < -0.4 is 10.6 Å². The SMILES string of the molecule is CCOC(=O)C1=C(C(F)(F)C(F)(F)C(F)(F)C(F)(F)F)NC(=O)N[C@@H]1c1ccccc1. The Morgan fingerprint density at radius 3 is 2.00 bits per heavy atom. The number of hydrogen-bond donors (Lipinski definition) is 2. The third-order valence-electron chi connectivity index (χ3n) is 4.16. The summed E-state index contributed by atoms with van der Waals surface area (Å²) < 4.78 is 126. The lowest BCUT2D eigenvalue weighted by atomic mass is 9.90. The number of hydrogen-bond acceptors (Lipinski definition) is 3. The van der Waals surface area contributed by atoms with Gasteiger partial charge in [0.25, 0.3) is 0 Å². The van der Waals surface area contributed by atoms with Gasteiger partial charge in [0, 0.05) is 0 Å². The van der Waals surface area contributed by atoms with Crippen LogP contribution in [0, 0.1) is 0 Å². The molecule has 1 heterocycles. The minimum Gasteiger partial charge on any atom is -0.463 e. The fourth-order valence-corrected chi connectivity index (χ4v) is 2.67.